The molecule has 0 heterocycles. The Bertz CT molecular complexity index is 0. The van der Waals surface area contributed by atoms with Crippen LogP contribution >= 0.6 is 0 Å². The summed E-state index contributed by atoms with van der Waals surface area (Å²) in [7, 11) is 0. The fourth-order valence-corrected chi connectivity index (χ4v) is 0. The summed E-state index contributed by atoms with van der Waals surface area (Å²) in [5.41, 5.74) is 0. The molecule has 0 aliphatic carbocycles. The summed E-state index contributed by atoms with van der Waals surface area (Å²) < 4.78 is 0. The SMILES string of the molecule is [Ni].[Ni].[Ni].[Ni]. The second-order valence-corrected chi connectivity index (χ2v) is 0. The van der Waals surface area contributed by atoms with E-state index in [9.17, 15) is 0 Å². The first-order chi connectivity index (χ1) is 0. The van der Waals surface area contributed by atoms with Gasteiger partial charge in [0.15, 0.2) is 0 Å². The van der Waals surface area contributed by atoms with Gasteiger partial charge < -0.3 is 0 Å². The van der Waals surface area contributed by atoms with Crippen LogP contribution in [0.25, 0.3) is 0 Å². The van der Waals surface area contributed by atoms with Crippen LogP contribution in [0.15, 0.2) is 0 Å². The summed E-state index contributed by atoms with van der Waals surface area (Å²) in [4.78, 5) is 0. The number of hydrogen-bond donors (Lipinski definition) is 0. The van der Waals surface area contributed by atoms with Crippen LogP contribution < -0.4 is 0 Å². The molecule has 0 atom stereocenters. The molecule has 0 radical (unpaired) electrons. The first kappa shape index (κ1) is 37.9. The fraction of sp³-hybridized carbons (Fsp3) is 0. The molecule has 0 aliphatic rings. The van der Waals surface area contributed by atoms with Gasteiger partial charge >= 0.3 is 0 Å². The molecule has 0 bridgehead atoms. The van der Waals surface area contributed by atoms with Crippen molar-refractivity contribution in [3.63, 3.8) is 0 Å². The second kappa shape index (κ2) is 20.2. The Morgan fingerprint density at radius 3 is 0.250 bits per heavy atom. The molecule has 4 heteroatoms. The number of hydrogen-bond acceptors (Lipinski definition) is 0. The van der Waals surface area contributed by atoms with E-state index in [-0.39, 0.29) is 66.0 Å². The van der Waals surface area contributed by atoms with Crippen molar-refractivity contribution in [2.45, 2.75) is 0 Å². The van der Waals surface area contributed by atoms with Gasteiger partial charge in [0.05, 0.1) is 0 Å². The zero-order chi connectivity index (χ0) is 0. The Kier molecular flexibility index (Phi) is 191. The molecule has 0 saturated heterocycles. The predicted octanol–water partition coefficient (Wildman–Crippen LogP) is -0.0100. The molecular formula is Ni4. The quantitative estimate of drug-likeness (QED) is 0.518. The van der Waals surface area contributed by atoms with Crippen LogP contribution in [-0.2, 0) is 66.0 Å². The minimum Gasteiger partial charge on any atom is 0 e. The van der Waals surface area contributed by atoms with E-state index in [2.05, 4.69) is 0 Å². The van der Waals surface area contributed by atoms with E-state index >= 15 is 0 Å². The molecule has 0 N–H and O–H groups in total. The Labute approximate surface area is 65.6 Å². The van der Waals surface area contributed by atoms with Crippen LogP contribution in [0.2, 0.25) is 0 Å². The first-order valence-electron chi connectivity index (χ1n) is 0. The maximum atomic E-state index is 0. The third-order valence-corrected chi connectivity index (χ3v) is 0. The van der Waals surface area contributed by atoms with Crippen molar-refractivity contribution in [3.8, 4) is 0 Å². The Morgan fingerprint density at radius 1 is 0.250 bits per heavy atom. The smallest absolute Gasteiger partial charge is 0 e. The van der Waals surface area contributed by atoms with Crippen molar-refractivity contribution in [3.05, 3.63) is 0 Å². The molecule has 0 rings (SSSR count). The van der Waals surface area contributed by atoms with Crippen LogP contribution in [0, 0.1) is 0 Å². The van der Waals surface area contributed by atoms with Crippen molar-refractivity contribution in [2.24, 2.45) is 0 Å². The van der Waals surface area contributed by atoms with Crippen LogP contribution in [0.1, 0.15) is 0 Å². The van der Waals surface area contributed by atoms with Gasteiger partial charge in [0.25, 0.3) is 0 Å². The van der Waals surface area contributed by atoms with Gasteiger partial charge in [-0.05, 0) is 0 Å². The minimum atomic E-state index is 0. The van der Waals surface area contributed by atoms with Gasteiger partial charge in [-0.15, -0.1) is 0 Å². The molecule has 4 heavy (non-hydrogen) atoms. The molecule has 0 aromatic rings. The van der Waals surface area contributed by atoms with Gasteiger partial charge in [-0.3, -0.25) is 0 Å². The summed E-state index contributed by atoms with van der Waals surface area (Å²) in [5, 5.41) is 0. The topological polar surface area (TPSA) is 0 Å². The first-order valence-corrected chi connectivity index (χ1v) is 0. The van der Waals surface area contributed by atoms with Crippen LogP contribution in [-0.4, -0.2) is 0 Å². The van der Waals surface area contributed by atoms with Crippen LogP contribution in [0.3, 0.4) is 0 Å². The van der Waals surface area contributed by atoms with Gasteiger partial charge in [0, 0.05) is 66.0 Å². The largest absolute Gasteiger partial charge is 0 e. The van der Waals surface area contributed by atoms with Gasteiger partial charge in [0.1, 0.15) is 0 Å². The van der Waals surface area contributed by atoms with Gasteiger partial charge in [-0.1, -0.05) is 0 Å². The second-order valence-electron chi connectivity index (χ2n) is 0. The van der Waals surface area contributed by atoms with E-state index in [1.807, 2.05) is 0 Å². The third kappa shape index (κ3) is 9.02. The molecule has 0 spiro atoms. The fourth-order valence-electron chi connectivity index (χ4n) is 0. The Balaban J connectivity index is 0. The van der Waals surface area contributed by atoms with Crippen molar-refractivity contribution in [1.82, 2.24) is 0 Å². The van der Waals surface area contributed by atoms with Crippen LogP contribution in [0.5, 0.6) is 0 Å². The maximum absolute atomic E-state index is 0. The van der Waals surface area contributed by atoms with E-state index in [0.29, 0.717) is 0 Å². The van der Waals surface area contributed by atoms with Crippen molar-refractivity contribution in [1.29, 1.82) is 0 Å². The zero-order valence-electron chi connectivity index (χ0n) is 1.26. The van der Waals surface area contributed by atoms with Crippen molar-refractivity contribution in [2.75, 3.05) is 0 Å². The molecule has 40 valence electrons. The molecule has 0 nitrogen and oxygen atoms in total. The standard InChI is InChI=1S/4Ni. The molecule has 0 aromatic heterocycles. The van der Waals surface area contributed by atoms with Crippen molar-refractivity contribution < 1.29 is 66.0 Å². The van der Waals surface area contributed by atoms with Gasteiger partial charge in [0.2, 0.25) is 0 Å². The van der Waals surface area contributed by atoms with E-state index in [4.69, 9.17) is 0 Å². The molecule has 0 fully saturated rings. The minimum absolute atomic E-state index is 0. The molecule has 0 unspecified atom stereocenters. The Morgan fingerprint density at radius 2 is 0.250 bits per heavy atom. The van der Waals surface area contributed by atoms with E-state index in [1.54, 1.807) is 0 Å². The van der Waals surface area contributed by atoms with E-state index in [1.165, 1.54) is 0 Å². The van der Waals surface area contributed by atoms with Gasteiger partial charge in [-0.25, -0.2) is 0 Å². The molecular weight excluding hydrogens is 235 g/mol. The van der Waals surface area contributed by atoms with Crippen molar-refractivity contribution >= 4 is 0 Å². The molecule has 0 amide bonds. The third-order valence-electron chi connectivity index (χ3n) is 0. The number of rotatable bonds is 0. The summed E-state index contributed by atoms with van der Waals surface area (Å²) in [6, 6.07) is 0. The molecule has 0 aliphatic heterocycles. The molecule has 0 aromatic carbocycles. The van der Waals surface area contributed by atoms with Gasteiger partial charge in [-0.2, -0.15) is 0 Å². The average molecular weight is 235 g/mol. The van der Waals surface area contributed by atoms with E-state index in [0.717, 1.165) is 0 Å². The summed E-state index contributed by atoms with van der Waals surface area (Å²) in [6.45, 7) is 0. The summed E-state index contributed by atoms with van der Waals surface area (Å²) in [6.07, 6.45) is 0. The average Bonchev–Trinajstić information content (AvgIpc) is 0. The normalized spacial score (nSPS) is 0. The maximum Gasteiger partial charge on any atom is 0 e. The summed E-state index contributed by atoms with van der Waals surface area (Å²) >= 11 is 0. The Hall–Kier alpha value is 1.97. The summed E-state index contributed by atoms with van der Waals surface area (Å²) in [5.74, 6) is 0. The van der Waals surface area contributed by atoms with E-state index < -0.39 is 0 Å². The molecule has 0 saturated carbocycles. The zero-order valence-corrected chi connectivity index (χ0v) is 5.22. The monoisotopic (exact) mass is 232 g/mol. The predicted molar refractivity (Wildman–Crippen MR) is 0 cm³/mol. The van der Waals surface area contributed by atoms with Crippen LogP contribution in [0.4, 0.5) is 0 Å².